The molecule has 1 unspecified atom stereocenters. The Bertz CT molecular complexity index is 1190. The lowest BCUT2D eigenvalue weighted by Gasteiger charge is -2.22. The number of hydrogen-bond donors (Lipinski definition) is 0. The van der Waals surface area contributed by atoms with E-state index in [1.54, 1.807) is 23.0 Å². The normalized spacial score (nSPS) is 14.1. The number of fused-ring (bicyclic) bond motifs is 1. The van der Waals surface area contributed by atoms with Crippen LogP contribution < -0.4 is 4.74 Å². The lowest BCUT2D eigenvalue weighted by Crippen LogP contribution is -2.32. The van der Waals surface area contributed by atoms with Crippen LogP contribution in [0.15, 0.2) is 48.7 Å². The van der Waals surface area contributed by atoms with Crippen molar-refractivity contribution in [2.24, 2.45) is 0 Å². The van der Waals surface area contributed by atoms with Crippen LogP contribution in [0.5, 0.6) is 5.75 Å². The van der Waals surface area contributed by atoms with Gasteiger partial charge >= 0.3 is 6.18 Å². The van der Waals surface area contributed by atoms with Gasteiger partial charge in [-0.05, 0) is 49.4 Å². The number of rotatable bonds is 4. The molecule has 10 heteroatoms. The molecule has 0 bridgehead atoms. The average Bonchev–Trinajstić information content (AvgIpc) is 3.33. The molecule has 1 aliphatic rings. The van der Waals surface area contributed by atoms with Gasteiger partial charge in [0.1, 0.15) is 11.6 Å². The van der Waals surface area contributed by atoms with Crippen molar-refractivity contribution in [1.29, 1.82) is 5.26 Å². The Morgan fingerprint density at radius 3 is 2.53 bits per heavy atom. The minimum absolute atomic E-state index is 0.124. The molecule has 4 rings (SSSR count). The minimum atomic E-state index is -4.61. The Kier molecular flexibility index (Phi) is 5.34. The molecule has 1 aromatic heterocycles. The number of benzene rings is 2. The van der Waals surface area contributed by atoms with Gasteiger partial charge in [-0.3, -0.25) is 4.79 Å². The molecule has 32 heavy (non-hydrogen) atoms. The van der Waals surface area contributed by atoms with Crippen LogP contribution in [0, 0.1) is 17.1 Å². The molecule has 6 nitrogen and oxygen atoms in total. The van der Waals surface area contributed by atoms with E-state index in [1.807, 2.05) is 6.07 Å². The molecule has 0 fully saturated rings. The van der Waals surface area contributed by atoms with Gasteiger partial charge in [0.15, 0.2) is 6.10 Å². The Morgan fingerprint density at radius 1 is 1.19 bits per heavy atom. The first-order chi connectivity index (χ1) is 15.2. The van der Waals surface area contributed by atoms with Gasteiger partial charge in [0.2, 0.25) is 0 Å². The van der Waals surface area contributed by atoms with Gasteiger partial charge in [-0.25, -0.2) is 9.07 Å². The quantitative estimate of drug-likeness (QED) is 0.561. The van der Waals surface area contributed by atoms with Gasteiger partial charge in [-0.15, -0.1) is 0 Å². The molecule has 1 amide bonds. The highest BCUT2D eigenvalue weighted by atomic mass is 19.4. The van der Waals surface area contributed by atoms with E-state index in [9.17, 15) is 22.4 Å². The van der Waals surface area contributed by atoms with Gasteiger partial charge < -0.3 is 9.64 Å². The van der Waals surface area contributed by atoms with E-state index in [1.165, 1.54) is 35.2 Å². The predicted molar refractivity (Wildman–Crippen MR) is 104 cm³/mol. The van der Waals surface area contributed by atoms with Crippen LogP contribution >= 0.6 is 0 Å². The highest BCUT2D eigenvalue weighted by Crippen LogP contribution is 2.31. The van der Waals surface area contributed by atoms with Gasteiger partial charge in [-0.1, -0.05) is 0 Å². The highest BCUT2D eigenvalue weighted by molar-refractivity contribution is 5.97. The number of amides is 1. The highest BCUT2D eigenvalue weighted by Gasteiger charge is 2.39. The predicted octanol–water partition coefficient (Wildman–Crippen LogP) is 4.37. The number of ether oxygens (including phenoxy) is 1. The van der Waals surface area contributed by atoms with Crippen molar-refractivity contribution in [3.05, 3.63) is 76.9 Å². The van der Waals surface area contributed by atoms with E-state index in [0.29, 0.717) is 11.4 Å². The first-order valence-corrected chi connectivity index (χ1v) is 9.56. The average molecular weight is 444 g/mol. The van der Waals surface area contributed by atoms with Gasteiger partial charge in [0.25, 0.3) is 5.91 Å². The third kappa shape index (κ3) is 4.14. The molecule has 3 aromatic rings. The summed E-state index contributed by atoms with van der Waals surface area (Å²) in [7, 11) is 0. The maximum atomic E-state index is 13.1. The smallest absolute Gasteiger partial charge is 0.425 e. The molecular formula is C22H16F4N4O2. The molecule has 0 spiro atoms. The molecular weight excluding hydrogens is 428 g/mol. The second-order valence-electron chi connectivity index (χ2n) is 7.31. The van der Waals surface area contributed by atoms with Gasteiger partial charge in [0, 0.05) is 18.3 Å². The molecule has 0 N–H and O–H groups in total. The molecule has 0 saturated carbocycles. The van der Waals surface area contributed by atoms with E-state index >= 15 is 0 Å². The molecule has 0 radical (unpaired) electrons. The van der Waals surface area contributed by atoms with Crippen LogP contribution in [0.4, 0.5) is 17.6 Å². The zero-order chi connectivity index (χ0) is 23.0. The number of nitriles is 1. The van der Waals surface area contributed by atoms with Crippen molar-refractivity contribution in [2.75, 3.05) is 0 Å². The zero-order valence-electron chi connectivity index (χ0n) is 16.7. The molecule has 0 saturated heterocycles. The van der Waals surface area contributed by atoms with Crippen molar-refractivity contribution in [3.8, 4) is 17.5 Å². The number of nitrogens with zero attached hydrogens (tertiary/aromatic N) is 4. The summed E-state index contributed by atoms with van der Waals surface area (Å²) < 4.78 is 58.5. The third-order valence-electron chi connectivity index (χ3n) is 5.06. The largest absolute Gasteiger partial charge is 0.480 e. The van der Waals surface area contributed by atoms with Crippen LogP contribution in [0.25, 0.3) is 5.69 Å². The summed E-state index contributed by atoms with van der Waals surface area (Å²) in [6, 6.07) is 11.3. The number of carbonyl (C=O) groups excluding carboxylic acids is 1. The molecule has 164 valence electrons. The third-order valence-corrected chi connectivity index (χ3v) is 5.06. The summed E-state index contributed by atoms with van der Waals surface area (Å²) in [6.45, 7) is 1.16. The van der Waals surface area contributed by atoms with Crippen molar-refractivity contribution in [3.63, 3.8) is 0 Å². The first-order valence-electron chi connectivity index (χ1n) is 9.56. The fraction of sp³-hybridized carbons (Fsp3) is 0.227. The van der Waals surface area contributed by atoms with Crippen LogP contribution in [0.1, 0.15) is 34.1 Å². The Labute approximate surface area is 180 Å². The van der Waals surface area contributed by atoms with E-state index in [0.717, 1.165) is 12.5 Å². The van der Waals surface area contributed by atoms with Crippen molar-refractivity contribution >= 4 is 5.91 Å². The van der Waals surface area contributed by atoms with E-state index in [-0.39, 0.29) is 35.8 Å². The van der Waals surface area contributed by atoms with Crippen LogP contribution in [-0.2, 0) is 13.1 Å². The second-order valence-corrected chi connectivity index (χ2v) is 7.31. The fourth-order valence-electron chi connectivity index (χ4n) is 3.32. The molecule has 0 aliphatic carbocycles. The summed E-state index contributed by atoms with van der Waals surface area (Å²) >= 11 is 0. The summed E-state index contributed by atoms with van der Waals surface area (Å²) in [5, 5.41) is 13.6. The summed E-state index contributed by atoms with van der Waals surface area (Å²) in [5.41, 5.74) is 2.02. The minimum Gasteiger partial charge on any atom is -0.480 e. The lowest BCUT2D eigenvalue weighted by atomic mass is 10.1. The SMILES string of the molecule is CC(Oc1ccc(C#N)cc1C(=O)N1Cc2cn(-c3ccc(F)cc3)nc2C1)C(F)(F)F. The van der Waals surface area contributed by atoms with E-state index in [4.69, 9.17) is 10.00 Å². The van der Waals surface area contributed by atoms with Crippen molar-refractivity contribution < 1.29 is 27.1 Å². The van der Waals surface area contributed by atoms with Crippen LogP contribution in [0.2, 0.25) is 0 Å². The maximum Gasteiger partial charge on any atom is 0.425 e. The fourth-order valence-corrected chi connectivity index (χ4v) is 3.32. The van der Waals surface area contributed by atoms with E-state index < -0.39 is 18.2 Å². The summed E-state index contributed by atoms with van der Waals surface area (Å²) in [4.78, 5) is 14.5. The number of carbonyl (C=O) groups is 1. The summed E-state index contributed by atoms with van der Waals surface area (Å²) in [6.07, 6.45) is -5.02. The van der Waals surface area contributed by atoms with Crippen LogP contribution in [0.3, 0.4) is 0 Å². The Morgan fingerprint density at radius 2 is 1.91 bits per heavy atom. The van der Waals surface area contributed by atoms with Gasteiger partial charge in [-0.2, -0.15) is 23.5 Å². The van der Waals surface area contributed by atoms with Crippen LogP contribution in [-0.4, -0.2) is 32.9 Å². The number of alkyl halides is 3. The van der Waals surface area contributed by atoms with Crippen molar-refractivity contribution in [2.45, 2.75) is 32.3 Å². The van der Waals surface area contributed by atoms with Crippen molar-refractivity contribution in [1.82, 2.24) is 14.7 Å². The molecule has 2 heterocycles. The summed E-state index contributed by atoms with van der Waals surface area (Å²) in [5.74, 6) is -1.19. The Balaban J connectivity index is 1.57. The zero-order valence-corrected chi connectivity index (χ0v) is 16.7. The van der Waals surface area contributed by atoms with E-state index in [2.05, 4.69) is 5.10 Å². The van der Waals surface area contributed by atoms with Gasteiger partial charge in [0.05, 0.1) is 35.1 Å². The Hall–Kier alpha value is -3.87. The molecule has 1 aliphatic heterocycles. The number of halogens is 4. The standard InChI is InChI=1S/C22H16F4N4O2/c1-13(22(24,25)26)32-20-7-2-14(9-27)8-18(20)21(31)29-10-15-11-30(28-19(15)12-29)17-5-3-16(23)4-6-17/h2-8,11,13H,10,12H2,1H3. The first kappa shape index (κ1) is 21.4. The lowest BCUT2D eigenvalue weighted by molar-refractivity contribution is -0.189. The number of aromatic nitrogens is 2. The topological polar surface area (TPSA) is 71.2 Å². The maximum absolute atomic E-state index is 13.1. The molecule has 1 atom stereocenters. The monoisotopic (exact) mass is 444 g/mol. The second kappa shape index (κ2) is 8.00. The number of hydrogen-bond acceptors (Lipinski definition) is 4. The molecule has 2 aromatic carbocycles.